The maximum Gasteiger partial charge on any atom is 0.234 e. The zero-order valence-corrected chi connectivity index (χ0v) is 16.3. The van der Waals surface area contributed by atoms with Crippen LogP contribution in [0.2, 0.25) is 0 Å². The lowest BCUT2D eigenvalue weighted by Crippen LogP contribution is -2.15. The summed E-state index contributed by atoms with van der Waals surface area (Å²) in [7, 11) is 1.58. The molecular weight excluding hydrogens is 368 g/mol. The molecule has 136 valence electrons. The van der Waals surface area contributed by atoms with E-state index in [0.29, 0.717) is 11.4 Å². The van der Waals surface area contributed by atoms with E-state index in [0.717, 1.165) is 28.8 Å². The minimum Gasteiger partial charge on any atom is -0.495 e. The largest absolute Gasteiger partial charge is 0.495 e. The van der Waals surface area contributed by atoms with Gasteiger partial charge in [0.05, 0.1) is 23.4 Å². The van der Waals surface area contributed by atoms with E-state index in [1.807, 2.05) is 41.8 Å². The third kappa shape index (κ3) is 4.25. The molecule has 6 nitrogen and oxygen atoms in total. The first-order valence-corrected chi connectivity index (χ1v) is 10.1. The summed E-state index contributed by atoms with van der Waals surface area (Å²) >= 11 is 3.02. The molecule has 2 aromatic heterocycles. The van der Waals surface area contributed by atoms with Gasteiger partial charge in [0, 0.05) is 6.54 Å². The van der Waals surface area contributed by atoms with Gasteiger partial charge in [-0.3, -0.25) is 4.79 Å². The molecule has 0 aliphatic heterocycles. The van der Waals surface area contributed by atoms with Crippen molar-refractivity contribution >= 4 is 34.7 Å². The maximum absolute atomic E-state index is 12.3. The van der Waals surface area contributed by atoms with Crippen molar-refractivity contribution in [1.82, 2.24) is 14.8 Å². The molecule has 26 heavy (non-hydrogen) atoms. The first-order chi connectivity index (χ1) is 12.7. The van der Waals surface area contributed by atoms with Crippen LogP contribution in [0.3, 0.4) is 0 Å². The second-order valence-corrected chi connectivity index (χ2v) is 7.36. The van der Waals surface area contributed by atoms with E-state index in [4.69, 9.17) is 4.74 Å². The number of hydrogen-bond donors (Lipinski definition) is 1. The first-order valence-electron chi connectivity index (χ1n) is 8.25. The number of benzene rings is 1. The Morgan fingerprint density at radius 3 is 2.85 bits per heavy atom. The SMILES string of the molecule is CCCn1c(SCC(=O)Nc2ccccc2OC)nnc1-c1cccs1. The number of nitrogens with one attached hydrogen (secondary N) is 1. The van der Waals surface area contributed by atoms with Crippen LogP contribution in [0, 0.1) is 0 Å². The van der Waals surface area contributed by atoms with Crippen molar-refractivity contribution in [2.24, 2.45) is 0 Å². The predicted octanol–water partition coefficient (Wildman–Crippen LogP) is 4.16. The molecule has 0 saturated heterocycles. The van der Waals surface area contributed by atoms with Gasteiger partial charge in [0.2, 0.25) is 5.91 Å². The number of thioether (sulfide) groups is 1. The van der Waals surface area contributed by atoms with E-state index >= 15 is 0 Å². The average Bonchev–Trinajstić information content (AvgIpc) is 3.30. The highest BCUT2D eigenvalue weighted by Crippen LogP contribution is 2.28. The van der Waals surface area contributed by atoms with E-state index in [9.17, 15) is 4.79 Å². The van der Waals surface area contributed by atoms with E-state index < -0.39 is 0 Å². The van der Waals surface area contributed by atoms with Gasteiger partial charge in [0.25, 0.3) is 0 Å². The molecular formula is C18H20N4O2S2. The fourth-order valence-electron chi connectivity index (χ4n) is 2.47. The molecule has 3 aromatic rings. The highest BCUT2D eigenvalue weighted by Gasteiger charge is 2.16. The zero-order chi connectivity index (χ0) is 18.4. The van der Waals surface area contributed by atoms with Gasteiger partial charge in [-0.25, -0.2) is 0 Å². The first kappa shape index (κ1) is 18.5. The molecule has 1 N–H and O–H groups in total. The smallest absolute Gasteiger partial charge is 0.234 e. The van der Waals surface area contributed by atoms with Crippen LogP contribution in [0.4, 0.5) is 5.69 Å². The Morgan fingerprint density at radius 1 is 1.27 bits per heavy atom. The van der Waals surface area contributed by atoms with Crippen molar-refractivity contribution in [2.45, 2.75) is 25.0 Å². The Kier molecular flexibility index (Phi) is 6.30. The van der Waals surface area contributed by atoms with Crippen LogP contribution in [-0.2, 0) is 11.3 Å². The Bertz CT molecular complexity index is 862. The Labute approximate surface area is 160 Å². The van der Waals surface area contributed by atoms with Gasteiger partial charge in [0.15, 0.2) is 11.0 Å². The molecule has 3 rings (SSSR count). The van der Waals surface area contributed by atoms with E-state index in [2.05, 4.69) is 27.0 Å². The standard InChI is InChI=1S/C18H20N4O2S2/c1-3-10-22-17(15-9-6-11-25-15)20-21-18(22)26-12-16(23)19-13-7-4-5-8-14(13)24-2/h4-9,11H,3,10,12H2,1-2H3,(H,19,23). The van der Waals surface area contributed by atoms with Crippen molar-refractivity contribution < 1.29 is 9.53 Å². The van der Waals surface area contributed by atoms with Crippen molar-refractivity contribution in [2.75, 3.05) is 18.2 Å². The lowest BCUT2D eigenvalue weighted by atomic mass is 10.3. The van der Waals surface area contributed by atoms with Gasteiger partial charge in [-0.1, -0.05) is 36.9 Å². The number of ether oxygens (including phenoxy) is 1. The zero-order valence-electron chi connectivity index (χ0n) is 14.6. The second-order valence-electron chi connectivity index (χ2n) is 5.47. The van der Waals surface area contributed by atoms with Crippen molar-refractivity contribution in [3.05, 3.63) is 41.8 Å². The van der Waals surface area contributed by atoms with Crippen molar-refractivity contribution in [1.29, 1.82) is 0 Å². The summed E-state index contributed by atoms with van der Waals surface area (Å²) in [6.45, 7) is 2.93. The number of carbonyl (C=O) groups excluding carboxylic acids is 1. The highest BCUT2D eigenvalue weighted by atomic mass is 32.2. The molecule has 2 heterocycles. The van der Waals surface area contributed by atoms with Gasteiger partial charge < -0.3 is 14.6 Å². The minimum absolute atomic E-state index is 0.108. The quantitative estimate of drug-likeness (QED) is 0.587. The molecule has 0 aliphatic carbocycles. The topological polar surface area (TPSA) is 69.0 Å². The maximum atomic E-state index is 12.3. The number of para-hydroxylation sites is 2. The third-order valence-electron chi connectivity index (χ3n) is 3.62. The molecule has 0 saturated carbocycles. The van der Waals surface area contributed by atoms with Gasteiger partial charge in [-0.15, -0.1) is 21.5 Å². The molecule has 0 spiro atoms. The fraction of sp³-hybridized carbons (Fsp3) is 0.278. The molecule has 0 radical (unpaired) electrons. The van der Waals surface area contributed by atoms with Gasteiger partial charge in [0.1, 0.15) is 5.75 Å². The number of anilines is 1. The number of carbonyl (C=O) groups is 1. The molecule has 0 bridgehead atoms. The van der Waals surface area contributed by atoms with Gasteiger partial charge >= 0.3 is 0 Å². The second kappa shape index (κ2) is 8.86. The van der Waals surface area contributed by atoms with Crippen LogP contribution in [0.25, 0.3) is 10.7 Å². The fourth-order valence-corrected chi connectivity index (χ4v) is 3.95. The predicted molar refractivity (Wildman–Crippen MR) is 106 cm³/mol. The van der Waals surface area contributed by atoms with Gasteiger partial charge in [-0.2, -0.15) is 0 Å². The van der Waals surface area contributed by atoms with Gasteiger partial charge in [-0.05, 0) is 30.0 Å². The van der Waals surface area contributed by atoms with Crippen LogP contribution in [0.1, 0.15) is 13.3 Å². The van der Waals surface area contributed by atoms with Crippen LogP contribution in [-0.4, -0.2) is 33.5 Å². The Balaban J connectivity index is 1.68. The highest BCUT2D eigenvalue weighted by molar-refractivity contribution is 7.99. The number of nitrogens with zero attached hydrogens (tertiary/aromatic N) is 3. The summed E-state index contributed by atoms with van der Waals surface area (Å²) < 4.78 is 7.33. The summed E-state index contributed by atoms with van der Waals surface area (Å²) in [6, 6.07) is 11.4. The van der Waals surface area contributed by atoms with Crippen LogP contribution in [0.15, 0.2) is 46.9 Å². The van der Waals surface area contributed by atoms with E-state index in [-0.39, 0.29) is 11.7 Å². The monoisotopic (exact) mass is 388 g/mol. The molecule has 0 fully saturated rings. The number of thiophene rings is 1. The van der Waals surface area contributed by atoms with Crippen LogP contribution >= 0.6 is 23.1 Å². The molecule has 8 heteroatoms. The molecule has 1 aromatic carbocycles. The lowest BCUT2D eigenvalue weighted by molar-refractivity contribution is -0.113. The molecule has 0 atom stereocenters. The number of hydrogen-bond acceptors (Lipinski definition) is 6. The van der Waals surface area contributed by atoms with E-state index in [1.54, 1.807) is 18.4 Å². The summed E-state index contributed by atoms with van der Waals surface area (Å²) in [5.41, 5.74) is 0.662. The summed E-state index contributed by atoms with van der Waals surface area (Å²) in [5.74, 6) is 1.64. The Hall–Kier alpha value is -2.32. The van der Waals surface area contributed by atoms with E-state index in [1.165, 1.54) is 11.8 Å². The van der Waals surface area contributed by atoms with Crippen molar-refractivity contribution in [3.8, 4) is 16.5 Å². The normalized spacial score (nSPS) is 10.7. The summed E-state index contributed by atoms with van der Waals surface area (Å²) in [4.78, 5) is 13.4. The summed E-state index contributed by atoms with van der Waals surface area (Å²) in [5, 5.41) is 14.3. The number of amides is 1. The van der Waals surface area contributed by atoms with Crippen molar-refractivity contribution in [3.63, 3.8) is 0 Å². The van der Waals surface area contributed by atoms with Crippen LogP contribution in [0.5, 0.6) is 5.75 Å². The van der Waals surface area contributed by atoms with Crippen LogP contribution < -0.4 is 10.1 Å². The number of aromatic nitrogens is 3. The molecule has 1 amide bonds. The average molecular weight is 389 g/mol. The lowest BCUT2D eigenvalue weighted by Gasteiger charge is -2.10. The number of methoxy groups -OCH3 is 1. The molecule has 0 aliphatic rings. The minimum atomic E-state index is -0.108. The molecule has 0 unspecified atom stereocenters. The number of rotatable bonds is 8. The third-order valence-corrected chi connectivity index (χ3v) is 5.45. The summed E-state index contributed by atoms with van der Waals surface area (Å²) in [6.07, 6.45) is 0.970. The Morgan fingerprint density at radius 2 is 2.12 bits per heavy atom.